The second-order valence-electron chi connectivity index (χ2n) is 9.96. The van der Waals surface area contributed by atoms with Crippen molar-refractivity contribution in [3.05, 3.63) is 52.0 Å². The first-order chi connectivity index (χ1) is 18.1. The number of anilines is 1. The van der Waals surface area contributed by atoms with E-state index in [0.717, 1.165) is 11.1 Å². The van der Waals surface area contributed by atoms with Gasteiger partial charge in [-0.15, -0.1) is 0 Å². The van der Waals surface area contributed by atoms with Crippen LogP contribution in [0.4, 0.5) is 5.69 Å². The number of fused-ring (bicyclic) bond motifs is 4. The first kappa shape index (κ1) is 26.0. The van der Waals surface area contributed by atoms with E-state index in [0.29, 0.717) is 34.2 Å². The Morgan fingerprint density at radius 2 is 1.84 bits per heavy atom. The molecule has 0 saturated carbocycles. The van der Waals surface area contributed by atoms with Crippen molar-refractivity contribution in [1.29, 1.82) is 0 Å². The summed E-state index contributed by atoms with van der Waals surface area (Å²) in [5.74, 6) is -2.48. The molecule has 4 atom stereocenters. The average molecular weight is 541 g/mol. The van der Waals surface area contributed by atoms with Gasteiger partial charge >= 0.3 is 0 Å². The number of methoxy groups -OCH3 is 2. The third-order valence-corrected chi connectivity index (χ3v) is 8.08. The number of halogens is 1. The van der Waals surface area contributed by atoms with E-state index >= 15 is 0 Å². The summed E-state index contributed by atoms with van der Waals surface area (Å²) < 4.78 is 10.6. The average Bonchev–Trinajstić information content (AvgIpc) is 3.46. The van der Waals surface area contributed by atoms with E-state index in [1.165, 1.54) is 12.0 Å². The van der Waals surface area contributed by atoms with Crippen molar-refractivity contribution in [2.75, 3.05) is 26.1 Å². The zero-order chi connectivity index (χ0) is 27.4. The van der Waals surface area contributed by atoms with Crippen LogP contribution in [-0.4, -0.2) is 55.3 Å². The number of hydrogen-bond donors (Lipinski definition) is 3. The van der Waals surface area contributed by atoms with Crippen molar-refractivity contribution in [3.8, 4) is 11.5 Å². The van der Waals surface area contributed by atoms with Crippen molar-refractivity contribution in [2.45, 2.75) is 37.8 Å². The van der Waals surface area contributed by atoms with Gasteiger partial charge in [-0.3, -0.25) is 29.4 Å². The first-order valence-electron chi connectivity index (χ1n) is 12.4. The number of benzene rings is 2. The molecule has 4 unspecified atom stereocenters. The molecule has 2 fully saturated rings. The summed E-state index contributed by atoms with van der Waals surface area (Å²) in [5, 5.41) is 6.47. The molecule has 3 heterocycles. The number of ether oxygens (including phenoxy) is 2. The topological polar surface area (TPSA) is 140 Å². The van der Waals surface area contributed by atoms with Gasteiger partial charge in [0.05, 0.1) is 36.8 Å². The van der Waals surface area contributed by atoms with Gasteiger partial charge in [-0.25, -0.2) is 0 Å². The molecule has 10 nitrogen and oxygen atoms in total. The number of imide groups is 1. The van der Waals surface area contributed by atoms with Crippen molar-refractivity contribution in [1.82, 2.24) is 10.2 Å². The number of carbonyl (C=O) groups is 4. The second-order valence-corrected chi connectivity index (χ2v) is 10.4. The Labute approximate surface area is 224 Å². The van der Waals surface area contributed by atoms with Gasteiger partial charge < -0.3 is 20.5 Å². The van der Waals surface area contributed by atoms with Crippen LogP contribution in [0.25, 0.3) is 0 Å². The van der Waals surface area contributed by atoms with Crippen LogP contribution >= 0.6 is 11.6 Å². The van der Waals surface area contributed by atoms with E-state index in [-0.39, 0.29) is 25.3 Å². The highest BCUT2D eigenvalue weighted by molar-refractivity contribution is 6.35. The van der Waals surface area contributed by atoms with Crippen LogP contribution in [0.2, 0.25) is 5.02 Å². The number of amides is 4. The van der Waals surface area contributed by atoms with Gasteiger partial charge in [0.1, 0.15) is 5.54 Å². The molecule has 3 aliphatic rings. The summed E-state index contributed by atoms with van der Waals surface area (Å²) in [6, 6.07) is 8.34. The number of nitrogens with one attached hydrogen (secondary N) is 2. The van der Waals surface area contributed by atoms with Gasteiger partial charge in [0, 0.05) is 24.6 Å². The lowest BCUT2D eigenvalue weighted by atomic mass is 9.76. The first-order valence-corrected chi connectivity index (χ1v) is 12.7. The molecule has 2 aromatic carbocycles. The highest BCUT2D eigenvalue weighted by atomic mass is 35.5. The zero-order valence-corrected chi connectivity index (χ0v) is 22.1. The number of nitrogens with zero attached hydrogens (tertiary/aromatic N) is 1. The minimum absolute atomic E-state index is 0.00707. The molecule has 0 bridgehead atoms. The molecule has 5 rings (SSSR count). The predicted octanol–water partition coefficient (Wildman–Crippen LogP) is 1.89. The standard InChI is InChI=1S/C27H29ClN4O6/c1-13-10-15-23(16(28)11-13)30-26(36)27(15)22-21(17(31-27)5-7-20(29)33)24(34)32(25(22)35)9-8-14-4-6-18(37-2)19(12-14)38-3/h4,6,10-12,17,21-22,31H,5,7-9H2,1-3H3,(H2,29,33)(H,30,36). The van der Waals surface area contributed by atoms with Crippen LogP contribution in [0.3, 0.4) is 0 Å². The Bertz CT molecular complexity index is 1360. The number of nitrogens with two attached hydrogens (primary N) is 1. The Hall–Kier alpha value is -3.63. The van der Waals surface area contributed by atoms with Gasteiger partial charge in [-0.05, 0) is 49.1 Å². The highest BCUT2D eigenvalue weighted by Gasteiger charge is 2.70. The highest BCUT2D eigenvalue weighted by Crippen LogP contribution is 2.55. The molecule has 0 radical (unpaired) electrons. The summed E-state index contributed by atoms with van der Waals surface area (Å²) in [6.45, 7) is 1.97. The van der Waals surface area contributed by atoms with E-state index in [1.807, 2.05) is 19.1 Å². The molecule has 0 aromatic heterocycles. The fourth-order valence-corrected chi connectivity index (χ4v) is 6.42. The molecule has 200 valence electrons. The van der Waals surface area contributed by atoms with Gasteiger partial charge in [0.2, 0.25) is 23.6 Å². The van der Waals surface area contributed by atoms with Crippen LogP contribution in [0.1, 0.15) is 29.5 Å². The van der Waals surface area contributed by atoms with Crippen LogP contribution in [0, 0.1) is 18.8 Å². The maximum atomic E-state index is 13.9. The third kappa shape index (κ3) is 3.90. The van der Waals surface area contributed by atoms with Crippen molar-refractivity contribution >= 4 is 40.9 Å². The third-order valence-electron chi connectivity index (χ3n) is 7.79. The molecule has 4 N–H and O–H groups in total. The number of likely N-dealkylation sites (tertiary alicyclic amines) is 1. The Balaban J connectivity index is 1.50. The maximum Gasteiger partial charge on any atom is 0.250 e. The van der Waals surface area contributed by atoms with Gasteiger partial charge in [-0.1, -0.05) is 23.7 Å². The summed E-state index contributed by atoms with van der Waals surface area (Å²) in [4.78, 5) is 54.1. The molecule has 0 aliphatic carbocycles. The summed E-state index contributed by atoms with van der Waals surface area (Å²) in [7, 11) is 3.08. The minimum atomic E-state index is -1.48. The van der Waals surface area contributed by atoms with E-state index in [9.17, 15) is 19.2 Å². The lowest BCUT2D eigenvalue weighted by molar-refractivity contribution is -0.142. The van der Waals surface area contributed by atoms with E-state index < -0.39 is 41.1 Å². The van der Waals surface area contributed by atoms with Crippen molar-refractivity contribution < 1.29 is 28.7 Å². The Kier molecular flexibility index (Phi) is 6.56. The SMILES string of the molecule is COc1ccc(CCN2C(=O)C3C(CCC(N)=O)NC4(C(=O)Nc5c(Cl)cc(C)cc54)C3C2=O)cc1OC. The molecule has 38 heavy (non-hydrogen) atoms. The molecular formula is C27H29ClN4O6. The van der Waals surface area contributed by atoms with Crippen molar-refractivity contribution in [3.63, 3.8) is 0 Å². The predicted molar refractivity (Wildman–Crippen MR) is 139 cm³/mol. The molecule has 3 aliphatic heterocycles. The molecular weight excluding hydrogens is 512 g/mol. The lowest BCUT2D eigenvalue weighted by Crippen LogP contribution is -2.53. The van der Waals surface area contributed by atoms with Crippen LogP contribution in [-0.2, 0) is 31.1 Å². The zero-order valence-electron chi connectivity index (χ0n) is 21.3. The molecule has 2 aromatic rings. The summed E-state index contributed by atoms with van der Waals surface area (Å²) >= 11 is 6.46. The summed E-state index contributed by atoms with van der Waals surface area (Å²) in [5.41, 5.74) is 6.53. The monoisotopic (exact) mass is 540 g/mol. The normalized spacial score (nSPS) is 25.5. The Morgan fingerprint density at radius 3 is 2.53 bits per heavy atom. The summed E-state index contributed by atoms with van der Waals surface area (Å²) in [6.07, 6.45) is 0.605. The molecule has 1 spiro atoms. The van der Waals surface area contributed by atoms with E-state index in [1.54, 1.807) is 25.3 Å². The number of primary amides is 1. The van der Waals surface area contributed by atoms with Crippen LogP contribution in [0.5, 0.6) is 11.5 Å². The fraction of sp³-hybridized carbons (Fsp3) is 0.407. The van der Waals surface area contributed by atoms with Gasteiger partial charge in [-0.2, -0.15) is 0 Å². The quantitative estimate of drug-likeness (QED) is 0.434. The smallest absolute Gasteiger partial charge is 0.250 e. The second kappa shape index (κ2) is 9.59. The Morgan fingerprint density at radius 1 is 1.11 bits per heavy atom. The van der Waals surface area contributed by atoms with E-state index in [4.69, 9.17) is 26.8 Å². The molecule has 2 saturated heterocycles. The fourth-order valence-electron chi connectivity index (χ4n) is 6.10. The van der Waals surface area contributed by atoms with Crippen LogP contribution in [0.15, 0.2) is 30.3 Å². The van der Waals surface area contributed by atoms with E-state index in [2.05, 4.69) is 10.6 Å². The number of carbonyl (C=O) groups excluding carboxylic acids is 4. The lowest BCUT2D eigenvalue weighted by Gasteiger charge is -2.29. The van der Waals surface area contributed by atoms with Crippen LogP contribution < -0.4 is 25.8 Å². The van der Waals surface area contributed by atoms with Crippen molar-refractivity contribution in [2.24, 2.45) is 17.6 Å². The largest absolute Gasteiger partial charge is 0.493 e. The number of rotatable bonds is 8. The van der Waals surface area contributed by atoms with Gasteiger partial charge in [0.15, 0.2) is 11.5 Å². The maximum absolute atomic E-state index is 13.9. The molecule has 11 heteroatoms. The number of hydrogen-bond acceptors (Lipinski definition) is 7. The molecule has 4 amide bonds. The minimum Gasteiger partial charge on any atom is -0.493 e. The number of aryl methyl sites for hydroxylation is 1. The van der Waals surface area contributed by atoms with Gasteiger partial charge in [0.25, 0.3) is 0 Å².